The summed E-state index contributed by atoms with van der Waals surface area (Å²) in [4.78, 5) is 16.0. The van der Waals surface area contributed by atoms with E-state index in [1.54, 1.807) is 0 Å². The molecule has 0 bridgehead atoms. The van der Waals surface area contributed by atoms with Crippen LogP contribution in [0.3, 0.4) is 0 Å². The molecule has 2 heterocycles. The van der Waals surface area contributed by atoms with Crippen LogP contribution in [0.2, 0.25) is 0 Å². The molecular weight excluding hydrogens is 192 g/mol. The van der Waals surface area contributed by atoms with Gasteiger partial charge in [0.05, 0.1) is 0 Å². The Kier molecular flexibility index (Phi) is 3.26. The van der Waals surface area contributed by atoms with Crippen LogP contribution in [0.5, 0.6) is 0 Å². The monoisotopic (exact) mass is 212 g/mol. The number of aliphatic hydroxyl groups excluding tert-OH is 1. The first-order valence-corrected chi connectivity index (χ1v) is 5.79. The van der Waals surface area contributed by atoms with Crippen LogP contribution in [0.4, 0.5) is 0 Å². The fourth-order valence-electron chi connectivity index (χ4n) is 2.59. The number of rotatable bonds is 2. The predicted molar refractivity (Wildman–Crippen MR) is 57.4 cm³/mol. The molecular formula is C11H20N2O2. The number of carbonyl (C=O) groups is 1. The summed E-state index contributed by atoms with van der Waals surface area (Å²) in [6.07, 6.45) is 2.71. The van der Waals surface area contributed by atoms with Crippen molar-refractivity contribution < 1.29 is 9.90 Å². The summed E-state index contributed by atoms with van der Waals surface area (Å²) in [5.41, 5.74) is 0. The summed E-state index contributed by atoms with van der Waals surface area (Å²) in [7, 11) is 2.12. The van der Waals surface area contributed by atoms with E-state index in [4.69, 9.17) is 5.11 Å². The summed E-state index contributed by atoms with van der Waals surface area (Å²) < 4.78 is 0. The number of hydrogen-bond acceptors (Lipinski definition) is 3. The Balaban J connectivity index is 1.91. The zero-order chi connectivity index (χ0) is 10.8. The molecule has 2 fully saturated rings. The van der Waals surface area contributed by atoms with E-state index in [9.17, 15) is 4.79 Å². The van der Waals surface area contributed by atoms with Crippen LogP contribution in [-0.4, -0.2) is 60.1 Å². The van der Waals surface area contributed by atoms with Crippen LogP contribution in [-0.2, 0) is 4.79 Å². The average molecular weight is 212 g/mol. The zero-order valence-electron chi connectivity index (χ0n) is 9.35. The minimum absolute atomic E-state index is 0.148. The topological polar surface area (TPSA) is 43.8 Å². The van der Waals surface area contributed by atoms with E-state index in [2.05, 4.69) is 11.9 Å². The number of amides is 1. The Labute approximate surface area is 90.9 Å². The molecule has 1 amide bonds. The third-order valence-electron chi connectivity index (χ3n) is 3.63. The van der Waals surface area contributed by atoms with Gasteiger partial charge in [-0.15, -0.1) is 0 Å². The van der Waals surface area contributed by atoms with Crippen LogP contribution in [0.15, 0.2) is 0 Å². The van der Waals surface area contributed by atoms with Crippen molar-refractivity contribution in [2.45, 2.75) is 25.3 Å². The predicted octanol–water partition coefficient (Wildman–Crippen LogP) is -0.0786. The number of hydrogen-bond donors (Lipinski definition) is 1. The molecule has 1 N–H and O–H groups in total. The third kappa shape index (κ3) is 2.32. The van der Waals surface area contributed by atoms with E-state index in [0.29, 0.717) is 12.5 Å². The Morgan fingerprint density at radius 3 is 2.60 bits per heavy atom. The Morgan fingerprint density at radius 2 is 2.07 bits per heavy atom. The van der Waals surface area contributed by atoms with E-state index in [1.165, 1.54) is 0 Å². The number of nitrogens with zero attached hydrogens (tertiary/aromatic N) is 2. The highest BCUT2D eigenvalue weighted by Gasteiger charge is 2.34. The molecule has 2 rings (SSSR count). The normalized spacial score (nSPS) is 30.1. The minimum atomic E-state index is 0.148. The molecule has 86 valence electrons. The fourth-order valence-corrected chi connectivity index (χ4v) is 2.59. The van der Waals surface area contributed by atoms with Crippen LogP contribution in [0, 0.1) is 5.92 Å². The third-order valence-corrected chi connectivity index (χ3v) is 3.63. The zero-order valence-corrected chi connectivity index (χ0v) is 9.35. The van der Waals surface area contributed by atoms with Crippen LogP contribution < -0.4 is 0 Å². The van der Waals surface area contributed by atoms with E-state index in [-0.39, 0.29) is 18.4 Å². The van der Waals surface area contributed by atoms with Crippen molar-refractivity contribution in [1.82, 2.24) is 9.80 Å². The molecule has 1 atom stereocenters. The lowest BCUT2D eigenvalue weighted by molar-refractivity contribution is -0.130. The molecule has 2 aliphatic heterocycles. The lowest BCUT2D eigenvalue weighted by Crippen LogP contribution is -2.44. The maximum atomic E-state index is 11.7. The maximum Gasteiger partial charge on any atom is 0.223 e. The molecule has 1 unspecified atom stereocenters. The first-order chi connectivity index (χ1) is 7.20. The molecule has 0 spiro atoms. The standard InChI is InChI=1S/C11H20N2O2/c1-12-4-2-10(3-5-12)13-7-9(8-14)6-11(13)15/h9-10,14H,2-8H2,1H3. The minimum Gasteiger partial charge on any atom is -0.396 e. The van der Waals surface area contributed by atoms with E-state index in [0.717, 1.165) is 32.5 Å². The quantitative estimate of drug-likeness (QED) is 0.696. The van der Waals surface area contributed by atoms with Crippen molar-refractivity contribution in [2.24, 2.45) is 5.92 Å². The van der Waals surface area contributed by atoms with Crippen LogP contribution in [0.1, 0.15) is 19.3 Å². The van der Waals surface area contributed by atoms with Gasteiger partial charge in [-0.2, -0.15) is 0 Å². The van der Waals surface area contributed by atoms with E-state index < -0.39 is 0 Å². The van der Waals surface area contributed by atoms with E-state index >= 15 is 0 Å². The smallest absolute Gasteiger partial charge is 0.223 e. The van der Waals surface area contributed by atoms with Crippen molar-refractivity contribution in [1.29, 1.82) is 0 Å². The molecule has 0 aromatic carbocycles. The molecule has 2 aliphatic rings. The molecule has 0 aromatic heterocycles. The second kappa shape index (κ2) is 4.49. The van der Waals surface area contributed by atoms with Gasteiger partial charge in [0.2, 0.25) is 5.91 Å². The van der Waals surface area contributed by atoms with Gasteiger partial charge in [0.25, 0.3) is 0 Å². The van der Waals surface area contributed by atoms with Crippen molar-refractivity contribution in [3.8, 4) is 0 Å². The van der Waals surface area contributed by atoms with Crippen molar-refractivity contribution in [2.75, 3.05) is 33.3 Å². The van der Waals surface area contributed by atoms with E-state index in [1.807, 2.05) is 4.90 Å². The second-order valence-corrected chi connectivity index (χ2v) is 4.83. The highest BCUT2D eigenvalue weighted by molar-refractivity contribution is 5.79. The molecule has 0 aliphatic carbocycles. The van der Waals surface area contributed by atoms with Gasteiger partial charge in [0, 0.05) is 31.5 Å². The first kappa shape index (κ1) is 10.9. The lowest BCUT2D eigenvalue weighted by atomic mass is 10.0. The highest BCUT2D eigenvalue weighted by Crippen LogP contribution is 2.24. The van der Waals surface area contributed by atoms with Crippen molar-refractivity contribution >= 4 is 5.91 Å². The Hall–Kier alpha value is -0.610. The molecule has 15 heavy (non-hydrogen) atoms. The van der Waals surface area contributed by atoms with Gasteiger partial charge in [-0.3, -0.25) is 4.79 Å². The van der Waals surface area contributed by atoms with Gasteiger partial charge in [0.1, 0.15) is 0 Å². The summed E-state index contributed by atoms with van der Waals surface area (Å²) in [6.45, 7) is 3.08. The van der Waals surface area contributed by atoms with Gasteiger partial charge in [-0.05, 0) is 33.0 Å². The van der Waals surface area contributed by atoms with Gasteiger partial charge in [-0.25, -0.2) is 0 Å². The molecule has 0 aromatic rings. The Bertz CT molecular complexity index is 237. The average Bonchev–Trinajstić information content (AvgIpc) is 2.61. The number of likely N-dealkylation sites (tertiary alicyclic amines) is 2. The maximum absolute atomic E-state index is 11.7. The summed E-state index contributed by atoms with van der Waals surface area (Å²) in [5, 5.41) is 9.05. The van der Waals surface area contributed by atoms with Crippen LogP contribution >= 0.6 is 0 Å². The summed E-state index contributed by atoms with van der Waals surface area (Å²) in [5.74, 6) is 0.417. The van der Waals surface area contributed by atoms with Crippen molar-refractivity contribution in [3.63, 3.8) is 0 Å². The summed E-state index contributed by atoms with van der Waals surface area (Å²) in [6, 6.07) is 0.422. The van der Waals surface area contributed by atoms with Gasteiger partial charge >= 0.3 is 0 Å². The fraction of sp³-hybridized carbons (Fsp3) is 0.909. The van der Waals surface area contributed by atoms with Gasteiger partial charge in [0.15, 0.2) is 0 Å². The molecule has 4 nitrogen and oxygen atoms in total. The molecule has 0 radical (unpaired) electrons. The largest absolute Gasteiger partial charge is 0.396 e. The SMILES string of the molecule is CN1CCC(N2CC(CO)CC2=O)CC1. The number of aliphatic hydroxyl groups is 1. The van der Waals surface area contributed by atoms with Crippen LogP contribution in [0.25, 0.3) is 0 Å². The van der Waals surface area contributed by atoms with Crippen molar-refractivity contribution in [3.05, 3.63) is 0 Å². The molecule has 0 saturated carbocycles. The van der Waals surface area contributed by atoms with Gasteiger partial charge < -0.3 is 14.9 Å². The van der Waals surface area contributed by atoms with Gasteiger partial charge in [-0.1, -0.05) is 0 Å². The Morgan fingerprint density at radius 1 is 1.40 bits per heavy atom. The highest BCUT2D eigenvalue weighted by atomic mass is 16.3. The first-order valence-electron chi connectivity index (χ1n) is 5.79. The lowest BCUT2D eigenvalue weighted by Gasteiger charge is -2.35. The second-order valence-electron chi connectivity index (χ2n) is 4.83. The number of carbonyl (C=O) groups excluding carboxylic acids is 1. The summed E-state index contributed by atoms with van der Waals surface area (Å²) >= 11 is 0. The molecule has 4 heteroatoms. The number of piperidine rings is 1. The molecule has 2 saturated heterocycles.